The zero-order valence-electron chi connectivity index (χ0n) is 55.5. The molecule has 0 heterocycles. The molecule has 9 heteroatoms. The van der Waals surface area contributed by atoms with Crippen molar-refractivity contribution in [1.29, 1.82) is 0 Å². The molecule has 0 fully saturated rings. The highest BCUT2D eigenvalue weighted by Crippen LogP contribution is 2.38. The van der Waals surface area contributed by atoms with Gasteiger partial charge in [0.15, 0.2) is 0 Å². The van der Waals surface area contributed by atoms with Crippen molar-refractivity contribution in [2.24, 2.45) is 0 Å². The molecule has 0 aliphatic rings. The van der Waals surface area contributed by atoms with Crippen molar-refractivity contribution in [1.82, 2.24) is 5.32 Å². The van der Waals surface area contributed by atoms with E-state index < -0.39 is 26.6 Å². The summed E-state index contributed by atoms with van der Waals surface area (Å²) in [5, 5.41) is 14.0. The Morgan fingerprint density at radius 3 is 1.06 bits per heavy atom. The van der Waals surface area contributed by atoms with E-state index in [1.54, 1.807) is 6.08 Å². The first-order chi connectivity index (χ1) is 40.0. The summed E-state index contributed by atoms with van der Waals surface area (Å²) in [5.41, 5.74) is 0. The van der Waals surface area contributed by atoms with Gasteiger partial charge in [-0.3, -0.25) is 9.36 Å². The Labute approximate surface area is 511 Å². The predicted octanol–water partition coefficient (Wildman–Crippen LogP) is 22.4. The largest absolute Gasteiger partial charge is 0.756 e. The Balaban J connectivity index is 4.07. The number of hydrogen-bond acceptors (Lipinski definition) is 6. The van der Waals surface area contributed by atoms with Gasteiger partial charge in [0, 0.05) is 6.42 Å². The van der Waals surface area contributed by atoms with Crippen molar-refractivity contribution in [3.05, 3.63) is 48.6 Å². The number of amides is 1. The number of allylic oxidation sites excluding steroid dienone is 7. The summed E-state index contributed by atoms with van der Waals surface area (Å²) in [4.78, 5) is 25.6. The molecule has 3 unspecified atom stereocenters. The molecule has 0 aliphatic heterocycles. The van der Waals surface area contributed by atoms with E-state index in [2.05, 4.69) is 55.6 Å². The van der Waals surface area contributed by atoms with Gasteiger partial charge in [-0.2, -0.15) is 0 Å². The minimum absolute atomic E-state index is 0.00558. The number of quaternary nitrogens is 1. The Kier molecular flexibility index (Phi) is 62.7. The summed E-state index contributed by atoms with van der Waals surface area (Å²) in [6, 6.07) is -0.905. The number of aliphatic hydroxyl groups is 1. The molecule has 0 spiro atoms. The lowest BCUT2D eigenvalue weighted by molar-refractivity contribution is -0.870. The number of carbonyl (C=O) groups excluding carboxylic acids is 1. The molecule has 8 nitrogen and oxygen atoms in total. The third kappa shape index (κ3) is 66.0. The average Bonchev–Trinajstić information content (AvgIpc) is 3.47. The maximum absolute atomic E-state index is 13.0. The van der Waals surface area contributed by atoms with Crippen LogP contribution in [0.15, 0.2) is 48.6 Å². The van der Waals surface area contributed by atoms with Gasteiger partial charge in [0.2, 0.25) is 5.91 Å². The van der Waals surface area contributed by atoms with Gasteiger partial charge in [-0.15, -0.1) is 0 Å². The predicted molar refractivity (Wildman–Crippen MR) is 358 cm³/mol. The highest BCUT2D eigenvalue weighted by atomic mass is 31.2. The standard InChI is InChI=1S/C73H141N2O6P/c1-6-8-10-12-14-16-18-20-22-24-26-28-30-32-34-36-37-39-40-42-44-46-48-50-52-54-56-58-60-62-64-66-72(76)71(70-81-82(78,79)80-69-68-75(3,4)5)74-73(77)67-65-63-61-59-57-55-53-51-49-47-45-43-41-38-35-33-31-29-27-25-23-21-19-17-15-13-11-9-7-2/h19,21,25,27,56,58,64,66,71-72,76H,6-18,20,22-24,26,28-55,57,59-63,65,67-70H2,1-5H3,(H-,74,77,78,79)/b21-19-,27-25-,58-56+,66-64+. The summed E-state index contributed by atoms with van der Waals surface area (Å²) in [6.07, 6.45) is 86.8. The van der Waals surface area contributed by atoms with Crippen molar-refractivity contribution in [3.8, 4) is 0 Å². The number of nitrogens with one attached hydrogen (secondary N) is 1. The number of rotatable bonds is 67. The SMILES string of the molecule is CCCCCCC/C=C\C/C=C\CCCCCCCCCCCCCCCCCCCC(=O)NC(COP(=O)([O-])OCC[N+](C)(C)C)C(O)/C=C/CC/C=C/CCCCCCCCCCCCCCCCCCCCCCCCCCC. The van der Waals surface area contributed by atoms with Crippen LogP contribution in [0.3, 0.4) is 0 Å². The van der Waals surface area contributed by atoms with Gasteiger partial charge in [-0.05, 0) is 64.2 Å². The fourth-order valence-corrected chi connectivity index (χ4v) is 11.6. The lowest BCUT2D eigenvalue weighted by Gasteiger charge is -2.29. The van der Waals surface area contributed by atoms with E-state index in [-0.39, 0.29) is 12.5 Å². The molecule has 2 N–H and O–H groups in total. The Morgan fingerprint density at radius 1 is 0.427 bits per heavy atom. The minimum atomic E-state index is -4.61. The number of hydrogen-bond donors (Lipinski definition) is 2. The van der Waals surface area contributed by atoms with Crippen molar-refractivity contribution in [2.45, 2.75) is 373 Å². The molecule has 82 heavy (non-hydrogen) atoms. The number of carbonyl (C=O) groups is 1. The smallest absolute Gasteiger partial charge is 0.268 e. The molecule has 0 saturated carbocycles. The van der Waals surface area contributed by atoms with Crippen LogP contribution in [0.25, 0.3) is 0 Å². The number of unbranched alkanes of at least 4 members (excludes halogenated alkanes) is 48. The van der Waals surface area contributed by atoms with Crippen LogP contribution >= 0.6 is 7.82 Å². The van der Waals surface area contributed by atoms with Crippen molar-refractivity contribution in [2.75, 3.05) is 40.9 Å². The van der Waals surface area contributed by atoms with Crippen LogP contribution in [-0.4, -0.2) is 68.5 Å². The molecule has 0 rings (SSSR count). The van der Waals surface area contributed by atoms with Gasteiger partial charge >= 0.3 is 0 Å². The number of nitrogens with zero attached hydrogens (tertiary/aromatic N) is 1. The summed E-state index contributed by atoms with van der Waals surface area (Å²) in [5.74, 6) is -0.201. The first kappa shape index (κ1) is 80.5. The maximum Gasteiger partial charge on any atom is 0.268 e. The Hall–Kier alpha value is -1.54. The van der Waals surface area contributed by atoms with Crippen molar-refractivity contribution in [3.63, 3.8) is 0 Å². The van der Waals surface area contributed by atoms with Gasteiger partial charge in [-0.1, -0.05) is 339 Å². The van der Waals surface area contributed by atoms with Crippen LogP contribution in [0.2, 0.25) is 0 Å². The average molecular weight is 1170 g/mol. The van der Waals surface area contributed by atoms with Crippen molar-refractivity contribution < 1.29 is 32.9 Å². The summed E-state index contributed by atoms with van der Waals surface area (Å²) in [6.45, 7) is 4.67. The molecule has 0 aromatic heterocycles. The maximum atomic E-state index is 13.0. The van der Waals surface area contributed by atoms with Crippen LogP contribution in [0.4, 0.5) is 0 Å². The third-order valence-electron chi connectivity index (χ3n) is 16.5. The first-order valence-corrected chi connectivity index (χ1v) is 37.5. The highest BCUT2D eigenvalue weighted by molar-refractivity contribution is 7.45. The normalized spacial score (nSPS) is 13.9. The number of aliphatic hydroxyl groups excluding tert-OH is 1. The van der Waals surface area contributed by atoms with Crippen LogP contribution < -0.4 is 10.2 Å². The van der Waals surface area contributed by atoms with Gasteiger partial charge in [0.1, 0.15) is 13.2 Å². The molecule has 0 bridgehead atoms. The van der Waals surface area contributed by atoms with Crippen LogP contribution in [0.5, 0.6) is 0 Å². The zero-order chi connectivity index (χ0) is 59.8. The van der Waals surface area contributed by atoms with Gasteiger partial charge in [0.05, 0.1) is 39.9 Å². The molecule has 0 radical (unpaired) electrons. The Morgan fingerprint density at radius 2 is 0.720 bits per heavy atom. The zero-order valence-corrected chi connectivity index (χ0v) is 56.4. The van der Waals surface area contributed by atoms with Gasteiger partial charge in [-0.25, -0.2) is 0 Å². The topological polar surface area (TPSA) is 108 Å². The van der Waals surface area contributed by atoms with Crippen LogP contribution in [0.1, 0.15) is 361 Å². The van der Waals surface area contributed by atoms with E-state index in [1.165, 1.54) is 295 Å². The molecule has 484 valence electrons. The van der Waals surface area contributed by atoms with E-state index in [0.717, 1.165) is 44.9 Å². The van der Waals surface area contributed by atoms with E-state index >= 15 is 0 Å². The fraction of sp³-hybridized carbons (Fsp3) is 0.877. The quantitative estimate of drug-likeness (QED) is 0.0272. The van der Waals surface area contributed by atoms with Crippen LogP contribution in [0, 0.1) is 0 Å². The minimum Gasteiger partial charge on any atom is -0.756 e. The second-order valence-corrected chi connectivity index (χ2v) is 27.3. The molecule has 0 aliphatic carbocycles. The summed E-state index contributed by atoms with van der Waals surface area (Å²) in [7, 11) is 1.26. The molecule has 1 amide bonds. The number of likely N-dealkylation sites (N-methyl/N-ethyl adjacent to an activating group) is 1. The molecular formula is C73H141N2O6P. The molecule has 0 aromatic rings. The number of phosphoric ester groups is 1. The summed E-state index contributed by atoms with van der Waals surface area (Å²) >= 11 is 0. The lowest BCUT2D eigenvalue weighted by atomic mass is 10.0. The third-order valence-corrected chi connectivity index (χ3v) is 17.5. The van der Waals surface area contributed by atoms with Crippen molar-refractivity contribution >= 4 is 13.7 Å². The van der Waals surface area contributed by atoms with E-state index in [0.29, 0.717) is 17.4 Å². The van der Waals surface area contributed by atoms with Crippen LogP contribution in [-0.2, 0) is 18.4 Å². The monoisotopic (exact) mass is 1170 g/mol. The highest BCUT2D eigenvalue weighted by Gasteiger charge is 2.23. The molecular weight excluding hydrogens is 1030 g/mol. The second kappa shape index (κ2) is 63.9. The first-order valence-electron chi connectivity index (χ1n) is 36.0. The molecule has 0 saturated heterocycles. The molecule has 0 aromatic carbocycles. The van der Waals surface area contributed by atoms with Gasteiger partial charge < -0.3 is 28.8 Å². The number of phosphoric acid groups is 1. The Bertz CT molecular complexity index is 1480. The van der Waals surface area contributed by atoms with Gasteiger partial charge in [0.25, 0.3) is 7.82 Å². The van der Waals surface area contributed by atoms with E-state index in [1.807, 2.05) is 27.2 Å². The fourth-order valence-electron chi connectivity index (χ4n) is 10.9. The van der Waals surface area contributed by atoms with E-state index in [9.17, 15) is 19.4 Å². The van der Waals surface area contributed by atoms with E-state index in [4.69, 9.17) is 9.05 Å². The lowest BCUT2D eigenvalue weighted by Crippen LogP contribution is -2.45. The second-order valence-electron chi connectivity index (χ2n) is 25.9. The molecule has 3 atom stereocenters. The summed E-state index contributed by atoms with van der Waals surface area (Å²) < 4.78 is 23.5.